The number of nitrogens with one attached hydrogen (secondary N) is 2. The van der Waals surface area contributed by atoms with Gasteiger partial charge in [-0.15, -0.1) is 6.58 Å². The fraction of sp³-hybridized carbons (Fsp3) is 0.176. The van der Waals surface area contributed by atoms with Crippen LogP contribution in [0.4, 0.5) is 0 Å². The van der Waals surface area contributed by atoms with E-state index in [1.165, 1.54) is 0 Å². The number of carbonyl (C=O) groups is 1. The molecule has 108 valence electrons. The van der Waals surface area contributed by atoms with Gasteiger partial charge in [-0.2, -0.15) is 0 Å². The Morgan fingerprint density at radius 3 is 2.71 bits per heavy atom. The topological polar surface area (TPSA) is 57.8 Å². The van der Waals surface area contributed by atoms with Crippen LogP contribution in [0.5, 0.6) is 0 Å². The standard InChI is InChI=1S/C17H19N3O/c1-4-8-15-19-14(11-18-17(21)12(2)3)16(20-15)13-9-6-5-7-10-13/h4-7,9-10H,1-2,8,11H2,3H3,(H,18,21)(H,19,20). The summed E-state index contributed by atoms with van der Waals surface area (Å²) in [6, 6.07) is 9.89. The molecule has 0 aliphatic heterocycles. The van der Waals surface area contributed by atoms with Crippen molar-refractivity contribution in [2.75, 3.05) is 0 Å². The fourth-order valence-corrected chi connectivity index (χ4v) is 1.98. The van der Waals surface area contributed by atoms with E-state index >= 15 is 0 Å². The first-order chi connectivity index (χ1) is 10.1. The molecule has 0 spiro atoms. The zero-order chi connectivity index (χ0) is 15.2. The molecule has 0 saturated heterocycles. The van der Waals surface area contributed by atoms with Gasteiger partial charge in [-0.3, -0.25) is 4.79 Å². The number of benzene rings is 1. The van der Waals surface area contributed by atoms with Crippen LogP contribution in [0.3, 0.4) is 0 Å². The van der Waals surface area contributed by atoms with Crippen molar-refractivity contribution in [3.05, 3.63) is 66.7 Å². The Morgan fingerprint density at radius 2 is 2.10 bits per heavy atom. The number of nitrogens with zero attached hydrogens (tertiary/aromatic N) is 1. The van der Waals surface area contributed by atoms with Crippen LogP contribution < -0.4 is 5.32 Å². The highest BCUT2D eigenvalue weighted by atomic mass is 16.1. The van der Waals surface area contributed by atoms with Crippen molar-refractivity contribution < 1.29 is 4.79 Å². The molecule has 0 radical (unpaired) electrons. The number of aromatic amines is 1. The smallest absolute Gasteiger partial charge is 0.246 e. The van der Waals surface area contributed by atoms with Gasteiger partial charge in [-0.05, 0) is 6.92 Å². The minimum atomic E-state index is -0.158. The molecule has 1 aromatic carbocycles. The first-order valence-electron chi connectivity index (χ1n) is 6.79. The second kappa shape index (κ2) is 6.70. The number of carbonyl (C=O) groups excluding carboxylic acids is 1. The molecule has 4 nitrogen and oxygen atoms in total. The Morgan fingerprint density at radius 1 is 1.38 bits per heavy atom. The predicted octanol–water partition coefficient (Wildman–Crippen LogP) is 3.00. The summed E-state index contributed by atoms with van der Waals surface area (Å²) in [5.74, 6) is 0.678. The van der Waals surface area contributed by atoms with Crippen molar-refractivity contribution in [1.82, 2.24) is 15.3 Å². The average molecular weight is 281 g/mol. The van der Waals surface area contributed by atoms with Crippen LogP contribution in [0.2, 0.25) is 0 Å². The monoisotopic (exact) mass is 281 g/mol. The van der Waals surface area contributed by atoms with E-state index in [-0.39, 0.29) is 5.91 Å². The van der Waals surface area contributed by atoms with Crippen LogP contribution in [-0.2, 0) is 17.8 Å². The Bertz CT molecular complexity index is 656. The summed E-state index contributed by atoms with van der Waals surface area (Å²) in [6.45, 7) is 9.43. The zero-order valence-electron chi connectivity index (χ0n) is 12.1. The quantitative estimate of drug-likeness (QED) is 0.631. The molecule has 0 unspecified atom stereocenters. The van der Waals surface area contributed by atoms with Gasteiger partial charge in [-0.25, -0.2) is 4.98 Å². The molecule has 4 heteroatoms. The van der Waals surface area contributed by atoms with E-state index in [9.17, 15) is 4.79 Å². The van der Waals surface area contributed by atoms with Crippen LogP contribution in [0, 0.1) is 0 Å². The number of allylic oxidation sites excluding steroid dienone is 1. The second-order valence-electron chi connectivity index (χ2n) is 4.83. The lowest BCUT2D eigenvalue weighted by atomic mass is 10.1. The lowest BCUT2D eigenvalue weighted by Crippen LogP contribution is -2.23. The lowest BCUT2D eigenvalue weighted by molar-refractivity contribution is -0.117. The van der Waals surface area contributed by atoms with Gasteiger partial charge in [0.2, 0.25) is 5.91 Å². The summed E-state index contributed by atoms with van der Waals surface area (Å²) < 4.78 is 0. The van der Waals surface area contributed by atoms with E-state index in [2.05, 4.69) is 28.4 Å². The highest BCUT2D eigenvalue weighted by Crippen LogP contribution is 2.21. The van der Waals surface area contributed by atoms with Crippen molar-refractivity contribution in [1.29, 1.82) is 0 Å². The number of hydrogen-bond donors (Lipinski definition) is 2. The number of amides is 1. The Hall–Kier alpha value is -2.62. The summed E-state index contributed by atoms with van der Waals surface area (Å²) in [4.78, 5) is 19.5. The second-order valence-corrected chi connectivity index (χ2v) is 4.83. The summed E-state index contributed by atoms with van der Waals surface area (Å²) in [5, 5.41) is 2.83. The normalized spacial score (nSPS) is 10.1. The van der Waals surface area contributed by atoms with Gasteiger partial charge in [0, 0.05) is 17.6 Å². The van der Waals surface area contributed by atoms with Crippen LogP contribution in [0.25, 0.3) is 11.3 Å². The summed E-state index contributed by atoms with van der Waals surface area (Å²) in [7, 11) is 0. The van der Waals surface area contributed by atoms with Crippen molar-refractivity contribution in [3.63, 3.8) is 0 Å². The Kier molecular flexibility index (Phi) is 4.72. The summed E-state index contributed by atoms with van der Waals surface area (Å²) in [6.07, 6.45) is 2.46. The molecule has 0 aliphatic rings. The first-order valence-corrected chi connectivity index (χ1v) is 6.79. The zero-order valence-corrected chi connectivity index (χ0v) is 12.1. The van der Waals surface area contributed by atoms with E-state index in [1.54, 1.807) is 13.0 Å². The van der Waals surface area contributed by atoms with Gasteiger partial charge in [-0.1, -0.05) is 43.0 Å². The number of hydrogen-bond acceptors (Lipinski definition) is 2. The molecular formula is C17H19N3O. The van der Waals surface area contributed by atoms with Crippen LogP contribution >= 0.6 is 0 Å². The van der Waals surface area contributed by atoms with Gasteiger partial charge >= 0.3 is 0 Å². The number of imidazole rings is 1. The maximum Gasteiger partial charge on any atom is 0.246 e. The van der Waals surface area contributed by atoms with Gasteiger partial charge in [0.25, 0.3) is 0 Å². The van der Waals surface area contributed by atoms with Crippen molar-refractivity contribution in [3.8, 4) is 11.3 Å². The lowest BCUT2D eigenvalue weighted by Gasteiger charge is -2.05. The van der Waals surface area contributed by atoms with Gasteiger partial charge < -0.3 is 10.3 Å². The third kappa shape index (κ3) is 3.69. The molecule has 1 aromatic heterocycles. The molecule has 1 heterocycles. The summed E-state index contributed by atoms with van der Waals surface area (Å²) >= 11 is 0. The van der Waals surface area contributed by atoms with Crippen molar-refractivity contribution >= 4 is 5.91 Å². The molecule has 0 saturated carbocycles. The van der Waals surface area contributed by atoms with E-state index in [0.29, 0.717) is 18.5 Å². The van der Waals surface area contributed by atoms with E-state index in [4.69, 9.17) is 0 Å². The van der Waals surface area contributed by atoms with Gasteiger partial charge in [0.15, 0.2) is 0 Å². The van der Waals surface area contributed by atoms with Gasteiger partial charge in [0.05, 0.1) is 17.9 Å². The van der Waals surface area contributed by atoms with Crippen molar-refractivity contribution in [2.45, 2.75) is 19.9 Å². The molecular weight excluding hydrogens is 262 g/mol. The SMILES string of the molecule is C=CCc1nc(-c2ccccc2)c(CNC(=O)C(=C)C)[nH]1. The first kappa shape index (κ1) is 14.8. The molecule has 21 heavy (non-hydrogen) atoms. The van der Waals surface area contributed by atoms with Crippen LogP contribution in [-0.4, -0.2) is 15.9 Å². The largest absolute Gasteiger partial charge is 0.347 e. The minimum absolute atomic E-state index is 0.158. The maximum atomic E-state index is 11.6. The average Bonchev–Trinajstić information content (AvgIpc) is 2.89. The third-order valence-corrected chi connectivity index (χ3v) is 3.03. The van der Waals surface area contributed by atoms with Crippen LogP contribution in [0.1, 0.15) is 18.4 Å². The van der Waals surface area contributed by atoms with E-state index in [1.807, 2.05) is 30.3 Å². The van der Waals surface area contributed by atoms with Crippen molar-refractivity contribution in [2.24, 2.45) is 0 Å². The molecule has 0 atom stereocenters. The minimum Gasteiger partial charge on any atom is -0.347 e. The highest BCUT2D eigenvalue weighted by molar-refractivity contribution is 5.92. The molecule has 0 aliphatic carbocycles. The molecule has 0 fully saturated rings. The van der Waals surface area contributed by atoms with Gasteiger partial charge in [0.1, 0.15) is 5.82 Å². The molecule has 0 bridgehead atoms. The Labute approximate surface area is 124 Å². The number of aromatic nitrogens is 2. The molecule has 2 aromatic rings. The summed E-state index contributed by atoms with van der Waals surface area (Å²) in [5.41, 5.74) is 3.24. The van der Waals surface area contributed by atoms with E-state index in [0.717, 1.165) is 22.8 Å². The highest BCUT2D eigenvalue weighted by Gasteiger charge is 2.12. The Balaban J connectivity index is 2.28. The number of rotatable bonds is 6. The predicted molar refractivity (Wildman–Crippen MR) is 84.6 cm³/mol. The molecule has 2 rings (SSSR count). The maximum absolute atomic E-state index is 11.6. The number of H-pyrrole nitrogens is 1. The van der Waals surface area contributed by atoms with Crippen LogP contribution in [0.15, 0.2) is 55.1 Å². The van der Waals surface area contributed by atoms with E-state index < -0.39 is 0 Å². The molecule has 1 amide bonds. The fourth-order valence-electron chi connectivity index (χ4n) is 1.98. The molecule has 2 N–H and O–H groups in total. The third-order valence-electron chi connectivity index (χ3n) is 3.03.